The molecule has 7 heteroatoms. The van der Waals surface area contributed by atoms with E-state index in [4.69, 9.17) is 14.2 Å². The maximum atomic E-state index is 12.7. The molecule has 0 unspecified atom stereocenters. The van der Waals surface area contributed by atoms with Crippen molar-refractivity contribution in [1.82, 2.24) is 14.9 Å². The Hall–Kier alpha value is -3.48. The molecular weight excluding hydrogens is 370 g/mol. The fraction of sp³-hybridized carbons (Fsp3) is 0.273. The minimum Gasteiger partial charge on any atom is -0.493 e. The number of ether oxygens (including phenoxy) is 3. The molecule has 0 aliphatic heterocycles. The molecule has 0 spiro atoms. The molecule has 1 heterocycles. The highest BCUT2D eigenvalue weighted by molar-refractivity contribution is 5.95. The number of methoxy groups -OCH3 is 3. The summed E-state index contributed by atoms with van der Waals surface area (Å²) in [4.78, 5) is 16.9. The first-order valence-corrected chi connectivity index (χ1v) is 9.19. The number of aromatic nitrogens is 2. The largest absolute Gasteiger partial charge is 0.493 e. The number of hydrogen-bond acceptors (Lipinski definition) is 5. The molecule has 29 heavy (non-hydrogen) atoms. The van der Waals surface area contributed by atoms with Gasteiger partial charge in [0.15, 0.2) is 11.5 Å². The van der Waals surface area contributed by atoms with Gasteiger partial charge < -0.3 is 24.1 Å². The van der Waals surface area contributed by atoms with E-state index in [9.17, 15) is 4.79 Å². The van der Waals surface area contributed by atoms with Crippen LogP contribution in [-0.2, 0) is 13.1 Å². The number of benzene rings is 2. The Labute approximate surface area is 170 Å². The van der Waals surface area contributed by atoms with Crippen molar-refractivity contribution in [3.05, 3.63) is 71.3 Å². The molecule has 0 saturated heterocycles. The van der Waals surface area contributed by atoms with E-state index in [2.05, 4.69) is 27.0 Å². The number of rotatable bonds is 8. The van der Waals surface area contributed by atoms with E-state index in [-0.39, 0.29) is 5.91 Å². The monoisotopic (exact) mass is 395 g/mol. The van der Waals surface area contributed by atoms with Crippen molar-refractivity contribution in [2.45, 2.75) is 20.0 Å². The summed E-state index contributed by atoms with van der Waals surface area (Å²) < 4.78 is 18.0. The molecule has 3 rings (SSSR count). The molecule has 0 saturated carbocycles. The van der Waals surface area contributed by atoms with Crippen LogP contribution in [0.3, 0.4) is 0 Å². The van der Waals surface area contributed by atoms with Crippen LogP contribution in [0.4, 0.5) is 0 Å². The van der Waals surface area contributed by atoms with Crippen molar-refractivity contribution in [3.63, 3.8) is 0 Å². The van der Waals surface area contributed by atoms with E-state index < -0.39 is 0 Å². The van der Waals surface area contributed by atoms with Gasteiger partial charge in [-0.3, -0.25) is 4.79 Å². The zero-order valence-electron chi connectivity index (χ0n) is 17.1. The van der Waals surface area contributed by atoms with E-state index in [1.54, 1.807) is 18.3 Å². The first-order chi connectivity index (χ1) is 14.0. The summed E-state index contributed by atoms with van der Waals surface area (Å²) in [6, 6.07) is 11.4. The number of aryl methyl sites for hydroxylation is 1. The Bertz CT molecular complexity index is 972. The highest BCUT2D eigenvalue weighted by Gasteiger charge is 2.16. The molecule has 0 aliphatic carbocycles. The molecule has 7 nitrogen and oxygen atoms in total. The van der Waals surface area contributed by atoms with Crippen LogP contribution in [0.15, 0.2) is 48.8 Å². The Balaban J connectivity index is 1.71. The average molecular weight is 395 g/mol. The molecule has 1 N–H and O–H groups in total. The Kier molecular flexibility index (Phi) is 6.39. The van der Waals surface area contributed by atoms with Gasteiger partial charge in [0, 0.05) is 31.0 Å². The van der Waals surface area contributed by atoms with Gasteiger partial charge in [-0.1, -0.05) is 24.3 Å². The van der Waals surface area contributed by atoms with Gasteiger partial charge in [0.25, 0.3) is 5.91 Å². The predicted octanol–water partition coefficient (Wildman–Crippen LogP) is 3.20. The lowest BCUT2D eigenvalue weighted by atomic mass is 10.1. The van der Waals surface area contributed by atoms with Crippen molar-refractivity contribution in [1.29, 1.82) is 0 Å². The smallest absolute Gasteiger partial charge is 0.251 e. The van der Waals surface area contributed by atoms with Crippen LogP contribution in [0.1, 0.15) is 27.3 Å². The zero-order chi connectivity index (χ0) is 20.8. The second-order valence-corrected chi connectivity index (χ2v) is 6.52. The van der Waals surface area contributed by atoms with E-state index in [1.165, 1.54) is 21.3 Å². The Morgan fingerprint density at radius 3 is 2.31 bits per heavy atom. The molecule has 0 atom stereocenters. The number of hydrogen-bond donors (Lipinski definition) is 1. The number of imidazole rings is 1. The van der Waals surface area contributed by atoms with Gasteiger partial charge in [0.1, 0.15) is 5.82 Å². The zero-order valence-corrected chi connectivity index (χ0v) is 17.1. The third-order valence-electron chi connectivity index (χ3n) is 4.65. The SMILES string of the molecule is COc1cc(C(=O)NCc2cccc(Cn3ccnc3C)c2)cc(OC)c1OC. The topological polar surface area (TPSA) is 74.6 Å². The molecule has 0 bridgehead atoms. The van der Waals surface area contributed by atoms with Crippen molar-refractivity contribution in [2.24, 2.45) is 0 Å². The second kappa shape index (κ2) is 9.14. The van der Waals surface area contributed by atoms with Crippen molar-refractivity contribution < 1.29 is 19.0 Å². The predicted molar refractivity (Wildman–Crippen MR) is 110 cm³/mol. The molecule has 0 aliphatic rings. The van der Waals surface area contributed by atoms with E-state index in [0.717, 1.165) is 23.5 Å². The molecule has 1 aromatic heterocycles. The van der Waals surface area contributed by atoms with Crippen LogP contribution < -0.4 is 19.5 Å². The van der Waals surface area contributed by atoms with Crippen LogP contribution in [0, 0.1) is 6.92 Å². The third-order valence-corrected chi connectivity index (χ3v) is 4.65. The summed E-state index contributed by atoms with van der Waals surface area (Å²) in [7, 11) is 4.57. The molecule has 0 fully saturated rings. The van der Waals surface area contributed by atoms with Crippen LogP contribution in [0.5, 0.6) is 17.2 Å². The Morgan fingerprint density at radius 2 is 1.72 bits per heavy atom. The highest BCUT2D eigenvalue weighted by atomic mass is 16.5. The highest BCUT2D eigenvalue weighted by Crippen LogP contribution is 2.38. The van der Waals surface area contributed by atoms with Gasteiger partial charge in [-0.05, 0) is 30.2 Å². The standard InChI is InChI=1S/C22H25N3O4/c1-15-23-8-9-25(15)14-17-7-5-6-16(10-17)13-24-22(26)18-11-19(27-2)21(29-4)20(12-18)28-3/h5-12H,13-14H2,1-4H3,(H,24,26). The van der Waals surface area contributed by atoms with E-state index >= 15 is 0 Å². The van der Waals surface area contributed by atoms with Crippen LogP contribution in [-0.4, -0.2) is 36.8 Å². The number of nitrogens with one attached hydrogen (secondary N) is 1. The van der Waals surface area contributed by atoms with Crippen molar-refractivity contribution in [3.8, 4) is 17.2 Å². The van der Waals surface area contributed by atoms with Gasteiger partial charge in [-0.25, -0.2) is 4.98 Å². The summed E-state index contributed by atoms with van der Waals surface area (Å²) in [5, 5.41) is 2.94. The number of carbonyl (C=O) groups is 1. The maximum absolute atomic E-state index is 12.7. The summed E-state index contributed by atoms with van der Waals surface area (Å²) in [5.41, 5.74) is 2.59. The van der Waals surface area contributed by atoms with E-state index in [1.807, 2.05) is 25.3 Å². The molecule has 1 amide bonds. The first kappa shape index (κ1) is 20.3. The van der Waals surface area contributed by atoms with Gasteiger partial charge in [-0.15, -0.1) is 0 Å². The lowest BCUT2D eigenvalue weighted by Crippen LogP contribution is -2.23. The number of amides is 1. The summed E-state index contributed by atoms with van der Waals surface area (Å²) in [5.74, 6) is 2.07. The molecule has 0 radical (unpaired) electrons. The fourth-order valence-corrected chi connectivity index (χ4v) is 3.10. The van der Waals surface area contributed by atoms with Crippen molar-refractivity contribution >= 4 is 5.91 Å². The van der Waals surface area contributed by atoms with Gasteiger partial charge >= 0.3 is 0 Å². The average Bonchev–Trinajstić information content (AvgIpc) is 3.15. The van der Waals surface area contributed by atoms with Gasteiger partial charge in [0.2, 0.25) is 5.75 Å². The van der Waals surface area contributed by atoms with E-state index in [0.29, 0.717) is 29.4 Å². The second-order valence-electron chi connectivity index (χ2n) is 6.52. The Morgan fingerprint density at radius 1 is 1.03 bits per heavy atom. The van der Waals surface area contributed by atoms with Crippen LogP contribution >= 0.6 is 0 Å². The quantitative estimate of drug-likeness (QED) is 0.634. The minimum atomic E-state index is -0.222. The van der Waals surface area contributed by atoms with Gasteiger partial charge in [0.05, 0.1) is 21.3 Å². The van der Waals surface area contributed by atoms with Crippen LogP contribution in [0.25, 0.3) is 0 Å². The van der Waals surface area contributed by atoms with Gasteiger partial charge in [-0.2, -0.15) is 0 Å². The molecule has 152 valence electrons. The minimum absolute atomic E-state index is 0.222. The summed E-state index contributed by atoms with van der Waals surface area (Å²) in [6.07, 6.45) is 3.74. The molecule has 2 aromatic carbocycles. The summed E-state index contributed by atoms with van der Waals surface area (Å²) in [6.45, 7) is 3.12. The maximum Gasteiger partial charge on any atom is 0.251 e. The lowest BCUT2D eigenvalue weighted by Gasteiger charge is -2.14. The van der Waals surface area contributed by atoms with Crippen LogP contribution in [0.2, 0.25) is 0 Å². The number of nitrogens with zero attached hydrogens (tertiary/aromatic N) is 2. The lowest BCUT2D eigenvalue weighted by molar-refractivity contribution is 0.0950. The number of carbonyl (C=O) groups excluding carboxylic acids is 1. The third kappa shape index (κ3) is 4.68. The summed E-state index contributed by atoms with van der Waals surface area (Å²) >= 11 is 0. The molecule has 3 aromatic rings. The normalized spacial score (nSPS) is 10.5. The fourth-order valence-electron chi connectivity index (χ4n) is 3.10. The molecular formula is C22H25N3O4. The first-order valence-electron chi connectivity index (χ1n) is 9.19. The van der Waals surface area contributed by atoms with Crippen molar-refractivity contribution in [2.75, 3.05) is 21.3 Å².